The minimum atomic E-state index is -0.470. The van der Waals surface area contributed by atoms with Crippen molar-refractivity contribution in [1.29, 1.82) is 0 Å². The van der Waals surface area contributed by atoms with Crippen LogP contribution in [0.3, 0.4) is 0 Å². The van der Waals surface area contributed by atoms with E-state index in [9.17, 15) is 9.18 Å². The Labute approximate surface area is 133 Å². The molecule has 0 radical (unpaired) electrons. The third-order valence-corrected chi connectivity index (χ3v) is 3.16. The van der Waals surface area contributed by atoms with Crippen LogP contribution >= 0.6 is 11.6 Å². The lowest BCUT2D eigenvalue weighted by atomic mass is 10.2. The molecule has 0 aliphatic heterocycles. The summed E-state index contributed by atoms with van der Waals surface area (Å²) in [7, 11) is 0. The fourth-order valence-corrected chi connectivity index (χ4v) is 1.91. The van der Waals surface area contributed by atoms with E-state index in [1.807, 2.05) is 13.8 Å². The average Bonchev–Trinajstić information content (AvgIpc) is 2.49. The van der Waals surface area contributed by atoms with Crippen molar-refractivity contribution in [3.05, 3.63) is 53.1 Å². The molecule has 0 bridgehead atoms. The summed E-state index contributed by atoms with van der Waals surface area (Å²) < 4.78 is 13.1. The fraction of sp³-hybridized carbons (Fsp3) is 0.250. The Morgan fingerprint density at radius 2 is 2.00 bits per heavy atom. The number of halogens is 2. The molecule has 1 amide bonds. The minimum absolute atomic E-state index is 0.0441. The van der Waals surface area contributed by atoms with E-state index in [1.54, 1.807) is 24.4 Å². The highest BCUT2D eigenvalue weighted by Crippen LogP contribution is 2.22. The lowest BCUT2D eigenvalue weighted by Gasteiger charge is -2.09. The second-order valence-corrected chi connectivity index (χ2v) is 5.70. The molecule has 0 unspecified atom stereocenters. The molecule has 6 heteroatoms. The van der Waals surface area contributed by atoms with Gasteiger partial charge >= 0.3 is 0 Å². The summed E-state index contributed by atoms with van der Waals surface area (Å²) in [5.41, 5.74) is 1.68. The first-order valence-electron chi connectivity index (χ1n) is 6.92. The molecule has 0 saturated carbocycles. The Balaban J connectivity index is 2.02. The van der Waals surface area contributed by atoms with Gasteiger partial charge in [0.1, 0.15) is 11.5 Å². The van der Waals surface area contributed by atoms with Crippen molar-refractivity contribution in [2.75, 3.05) is 11.9 Å². The van der Waals surface area contributed by atoms with E-state index in [-0.39, 0.29) is 10.9 Å². The zero-order valence-corrected chi connectivity index (χ0v) is 13.1. The minimum Gasteiger partial charge on any atom is -0.354 e. The van der Waals surface area contributed by atoms with E-state index < -0.39 is 5.82 Å². The third-order valence-electron chi connectivity index (χ3n) is 2.88. The van der Waals surface area contributed by atoms with Gasteiger partial charge in [0, 0.05) is 12.2 Å². The first-order valence-corrected chi connectivity index (χ1v) is 7.30. The number of rotatable bonds is 5. The number of nitrogens with one attached hydrogen (secondary N) is 2. The van der Waals surface area contributed by atoms with Crippen molar-refractivity contribution >= 4 is 28.9 Å². The number of pyridine rings is 1. The lowest BCUT2D eigenvalue weighted by molar-refractivity contribution is 0.0944. The third kappa shape index (κ3) is 4.43. The van der Waals surface area contributed by atoms with Gasteiger partial charge in [-0.2, -0.15) is 0 Å². The van der Waals surface area contributed by atoms with Gasteiger partial charge in [0.25, 0.3) is 5.91 Å². The van der Waals surface area contributed by atoms with Crippen LogP contribution in [0.2, 0.25) is 5.02 Å². The summed E-state index contributed by atoms with van der Waals surface area (Å²) in [5, 5.41) is 5.89. The monoisotopic (exact) mass is 321 g/mol. The van der Waals surface area contributed by atoms with Crippen LogP contribution in [0, 0.1) is 11.7 Å². The summed E-state index contributed by atoms with van der Waals surface area (Å²) in [4.78, 5) is 16.0. The van der Waals surface area contributed by atoms with Gasteiger partial charge in [-0.25, -0.2) is 9.37 Å². The number of hydrogen-bond donors (Lipinski definition) is 2. The van der Waals surface area contributed by atoms with Gasteiger partial charge in [-0.3, -0.25) is 4.79 Å². The van der Waals surface area contributed by atoms with Crippen molar-refractivity contribution in [2.24, 2.45) is 5.92 Å². The quantitative estimate of drug-likeness (QED) is 0.875. The van der Waals surface area contributed by atoms with Crippen molar-refractivity contribution < 1.29 is 9.18 Å². The molecule has 0 spiro atoms. The Kier molecular flexibility index (Phi) is 5.33. The van der Waals surface area contributed by atoms with Crippen LogP contribution in [0.15, 0.2) is 36.5 Å². The molecule has 0 fully saturated rings. The summed E-state index contributed by atoms with van der Waals surface area (Å²) >= 11 is 5.72. The van der Waals surface area contributed by atoms with Crippen molar-refractivity contribution in [2.45, 2.75) is 13.8 Å². The molecule has 0 aliphatic rings. The van der Waals surface area contributed by atoms with Crippen LogP contribution in [0.1, 0.15) is 24.3 Å². The largest absolute Gasteiger partial charge is 0.354 e. The molecule has 0 saturated heterocycles. The van der Waals surface area contributed by atoms with E-state index in [1.165, 1.54) is 12.1 Å². The van der Waals surface area contributed by atoms with Gasteiger partial charge in [0.2, 0.25) is 0 Å². The molecule has 22 heavy (non-hydrogen) atoms. The average molecular weight is 322 g/mol. The van der Waals surface area contributed by atoms with Crippen LogP contribution in [0.25, 0.3) is 0 Å². The van der Waals surface area contributed by atoms with Gasteiger partial charge in [0.05, 0.1) is 16.9 Å². The van der Waals surface area contributed by atoms with Gasteiger partial charge < -0.3 is 10.6 Å². The predicted molar refractivity (Wildman–Crippen MR) is 86.1 cm³/mol. The number of carbonyl (C=O) groups is 1. The zero-order chi connectivity index (χ0) is 16.1. The second kappa shape index (κ2) is 7.22. The number of amides is 1. The molecule has 1 aromatic carbocycles. The van der Waals surface area contributed by atoms with Crippen molar-refractivity contribution in [3.8, 4) is 0 Å². The highest BCUT2D eigenvalue weighted by molar-refractivity contribution is 6.31. The van der Waals surface area contributed by atoms with E-state index >= 15 is 0 Å². The normalized spacial score (nSPS) is 10.6. The standard InChI is InChI=1S/C16H17ClFN3O/c1-10(2)8-20-16(22)15-6-4-12(9-19-15)21-11-3-5-14(18)13(17)7-11/h3-7,9-10,21H,8H2,1-2H3,(H,20,22). The lowest BCUT2D eigenvalue weighted by Crippen LogP contribution is -2.27. The summed E-state index contributed by atoms with van der Waals surface area (Å²) in [6, 6.07) is 7.70. The van der Waals surface area contributed by atoms with Crippen LogP contribution in [0.5, 0.6) is 0 Å². The molecule has 1 heterocycles. The Hall–Kier alpha value is -2.14. The summed E-state index contributed by atoms with van der Waals surface area (Å²) in [5.74, 6) is -0.291. The number of carbonyl (C=O) groups excluding carboxylic acids is 1. The maximum Gasteiger partial charge on any atom is 0.269 e. The summed E-state index contributed by atoms with van der Waals surface area (Å²) in [6.45, 7) is 4.65. The predicted octanol–water partition coefficient (Wildman–Crippen LogP) is 4.00. The molecule has 116 valence electrons. The fourth-order valence-electron chi connectivity index (χ4n) is 1.73. The van der Waals surface area contributed by atoms with Gasteiger partial charge in [-0.15, -0.1) is 0 Å². The SMILES string of the molecule is CC(C)CNC(=O)c1ccc(Nc2ccc(F)c(Cl)c2)cn1. The molecular formula is C16H17ClFN3O. The topological polar surface area (TPSA) is 54.0 Å². The molecule has 4 nitrogen and oxygen atoms in total. The second-order valence-electron chi connectivity index (χ2n) is 5.29. The molecule has 2 N–H and O–H groups in total. The van der Waals surface area contributed by atoms with E-state index in [2.05, 4.69) is 15.6 Å². The van der Waals surface area contributed by atoms with Crippen LogP contribution < -0.4 is 10.6 Å². The number of benzene rings is 1. The first kappa shape index (κ1) is 16.2. The highest BCUT2D eigenvalue weighted by atomic mass is 35.5. The maximum absolute atomic E-state index is 13.1. The summed E-state index contributed by atoms with van der Waals surface area (Å²) in [6.07, 6.45) is 1.54. The Morgan fingerprint density at radius 1 is 1.27 bits per heavy atom. The van der Waals surface area contributed by atoms with E-state index in [4.69, 9.17) is 11.6 Å². The Bertz CT molecular complexity index is 659. The first-order chi connectivity index (χ1) is 10.5. The Morgan fingerprint density at radius 3 is 2.59 bits per heavy atom. The van der Waals surface area contributed by atoms with Crippen molar-refractivity contribution in [1.82, 2.24) is 10.3 Å². The molecule has 2 rings (SSSR count). The number of nitrogens with zero attached hydrogens (tertiary/aromatic N) is 1. The highest BCUT2D eigenvalue weighted by Gasteiger charge is 2.08. The van der Waals surface area contributed by atoms with Gasteiger partial charge in [-0.1, -0.05) is 25.4 Å². The maximum atomic E-state index is 13.1. The van der Waals surface area contributed by atoms with Crippen LogP contribution in [0.4, 0.5) is 15.8 Å². The van der Waals surface area contributed by atoms with E-state index in [0.29, 0.717) is 29.5 Å². The van der Waals surface area contributed by atoms with Crippen molar-refractivity contribution in [3.63, 3.8) is 0 Å². The number of hydrogen-bond acceptors (Lipinski definition) is 3. The zero-order valence-electron chi connectivity index (χ0n) is 12.4. The molecule has 0 atom stereocenters. The molecular weight excluding hydrogens is 305 g/mol. The smallest absolute Gasteiger partial charge is 0.269 e. The molecule has 1 aromatic heterocycles. The molecule has 0 aliphatic carbocycles. The van der Waals surface area contributed by atoms with Crippen LogP contribution in [-0.4, -0.2) is 17.4 Å². The van der Waals surface area contributed by atoms with Gasteiger partial charge in [0.15, 0.2) is 0 Å². The van der Waals surface area contributed by atoms with Crippen LogP contribution in [-0.2, 0) is 0 Å². The number of aromatic nitrogens is 1. The van der Waals surface area contributed by atoms with Gasteiger partial charge in [-0.05, 0) is 36.2 Å². The number of anilines is 2. The molecule has 2 aromatic rings. The van der Waals surface area contributed by atoms with E-state index in [0.717, 1.165) is 0 Å².